The highest BCUT2D eigenvalue weighted by atomic mass is 15.2. The van der Waals surface area contributed by atoms with E-state index < -0.39 is 0 Å². The zero-order valence-electron chi connectivity index (χ0n) is 14.3. The first-order valence-electron chi connectivity index (χ1n) is 8.66. The van der Waals surface area contributed by atoms with Crippen LogP contribution in [-0.4, -0.2) is 49.1 Å². The molecule has 0 aromatic heterocycles. The average Bonchev–Trinajstić information content (AvgIpc) is 2.46. The lowest BCUT2D eigenvalue weighted by atomic mass is 9.49. The first kappa shape index (κ1) is 16.0. The summed E-state index contributed by atoms with van der Waals surface area (Å²) < 4.78 is 0. The molecule has 2 atom stereocenters. The summed E-state index contributed by atoms with van der Waals surface area (Å²) in [4.78, 5) is 5.17. The maximum absolute atomic E-state index is 2.64. The number of nitrogens with zero attached hydrogens (tertiary/aromatic N) is 2. The van der Waals surface area contributed by atoms with Gasteiger partial charge in [0.05, 0.1) is 0 Å². The Balaban J connectivity index is 1.86. The zero-order chi connectivity index (χ0) is 14.8. The molecule has 20 heavy (non-hydrogen) atoms. The molecule has 0 heterocycles. The maximum Gasteiger partial charge on any atom is 0.0196 e. The minimum atomic E-state index is 0.572. The molecule has 0 aromatic carbocycles. The molecule has 0 N–H and O–H groups in total. The highest BCUT2D eigenvalue weighted by molar-refractivity contribution is 5.24. The van der Waals surface area contributed by atoms with Crippen molar-refractivity contribution >= 4 is 0 Å². The van der Waals surface area contributed by atoms with Gasteiger partial charge in [0.1, 0.15) is 0 Å². The Hall–Kier alpha value is -0.340. The van der Waals surface area contributed by atoms with Gasteiger partial charge >= 0.3 is 0 Å². The van der Waals surface area contributed by atoms with E-state index in [1.165, 1.54) is 52.1 Å². The predicted molar refractivity (Wildman–Crippen MR) is 88.0 cm³/mol. The molecule has 1 saturated carbocycles. The molecule has 3 aliphatic carbocycles. The van der Waals surface area contributed by atoms with Crippen molar-refractivity contribution in [1.29, 1.82) is 0 Å². The normalized spacial score (nSPS) is 27.6. The molecule has 116 valence electrons. The highest BCUT2D eigenvalue weighted by Crippen LogP contribution is 2.59. The van der Waals surface area contributed by atoms with Crippen LogP contribution >= 0.6 is 0 Å². The molecule has 0 radical (unpaired) electrons. The van der Waals surface area contributed by atoms with E-state index in [-0.39, 0.29) is 0 Å². The van der Waals surface area contributed by atoms with Crippen molar-refractivity contribution in [3.8, 4) is 0 Å². The summed E-state index contributed by atoms with van der Waals surface area (Å²) in [7, 11) is 0. The number of allylic oxidation sites excluding steroid dienone is 1. The summed E-state index contributed by atoms with van der Waals surface area (Å²) >= 11 is 0. The Bertz CT molecular complexity index is 341. The first-order chi connectivity index (χ1) is 9.52. The summed E-state index contributed by atoms with van der Waals surface area (Å²) in [6, 6.07) is 0. The van der Waals surface area contributed by atoms with Gasteiger partial charge in [-0.2, -0.15) is 0 Å². The van der Waals surface area contributed by atoms with Crippen molar-refractivity contribution in [2.45, 2.75) is 47.5 Å². The van der Waals surface area contributed by atoms with Crippen LogP contribution in [0.1, 0.15) is 47.5 Å². The quantitative estimate of drug-likeness (QED) is 0.625. The summed E-state index contributed by atoms with van der Waals surface area (Å²) in [6.07, 6.45) is 5.34. The van der Waals surface area contributed by atoms with Crippen molar-refractivity contribution in [1.82, 2.24) is 9.80 Å². The van der Waals surface area contributed by atoms with Crippen LogP contribution in [-0.2, 0) is 0 Å². The lowest BCUT2D eigenvalue weighted by Gasteiger charge is -2.57. The van der Waals surface area contributed by atoms with E-state index in [4.69, 9.17) is 0 Å². The third kappa shape index (κ3) is 3.12. The fourth-order valence-electron chi connectivity index (χ4n) is 4.09. The number of likely N-dealkylation sites (N-methyl/N-ethyl adjacent to an activating group) is 2. The molecule has 2 heteroatoms. The summed E-state index contributed by atoms with van der Waals surface area (Å²) in [5, 5.41) is 0. The molecule has 3 rings (SSSR count). The van der Waals surface area contributed by atoms with Crippen LogP contribution in [0.3, 0.4) is 0 Å². The maximum atomic E-state index is 2.64. The van der Waals surface area contributed by atoms with E-state index in [0.29, 0.717) is 5.41 Å². The second-order valence-corrected chi connectivity index (χ2v) is 7.22. The van der Waals surface area contributed by atoms with Gasteiger partial charge in [-0.05, 0) is 49.7 Å². The van der Waals surface area contributed by atoms with E-state index in [0.717, 1.165) is 11.8 Å². The van der Waals surface area contributed by atoms with Gasteiger partial charge < -0.3 is 4.90 Å². The Morgan fingerprint density at radius 2 is 1.65 bits per heavy atom. The lowest BCUT2D eigenvalue weighted by molar-refractivity contribution is -0.0107. The molecular weight excluding hydrogens is 244 g/mol. The van der Waals surface area contributed by atoms with Crippen molar-refractivity contribution in [3.05, 3.63) is 11.6 Å². The van der Waals surface area contributed by atoms with Gasteiger partial charge in [0.25, 0.3) is 0 Å². The number of hydrogen-bond acceptors (Lipinski definition) is 2. The zero-order valence-corrected chi connectivity index (χ0v) is 14.3. The summed E-state index contributed by atoms with van der Waals surface area (Å²) in [5.41, 5.74) is 2.31. The van der Waals surface area contributed by atoms with Crippen molar-refractivity contribution < 1.29 is 0 Å². The van der Waals surface area contributed by atoms with Crippen LogP contribution in [0.15, 0.2) is 11.6 Å². The Labute approximate surface area is 126 Å². The minimum Gasteiger partial charge on any atom is -0.303 e. The molecule has 0 amide bonds. The monoisotopic (exact) mass is 278 g/mol. The third-order valence-corrected chi connectivity index (χ3v) is 6.06. The smallest absolute Gasteiger partial charge is 0.0196 e. The van der Waals surface area contributed by atoms with Crippen LogP contribution in [0.5, 0.6) is 0 Å². The van der Waals surface area contributed by atoms with Crippen LogP contribution in [0.4, 0.5) is 0 Å². The predicted octanol–water partition coefficient (Wildman–Crippen LogP) is 3.64. The fraction of sp³-hybridized carbons (Fsp3) is 0.889. The average molecular weight is 278 g/mol. The first-order valence-corrected chi connectivity index (χ1v) is 8.66. The highest BCUT2D eigenvalue weighted by Gasteiger charge is 2.51. The van der Waals surface area contributed by atoms with E-state index in [1.807, 2.05) is 0 Å². The molecule has 0 aliphatic heterocycles. The van der Waals surface area contributed by atoms with E-state index in [9.17, 15) is 0 Å². The van der Waals surface area contributed by atoms with Gasteiger partial charge in [-0.25, -0.2) is 0 Å². The van der Waals surface area contributed by atoms with Crippen LogP contribution < -0.4 is 0 Å². The van der Waals surface area contributed by atoms with E-state index in [1.54, 1.807) is 5.57 Å². The molecule has 2 unspecified atom stereocenters. The molecule has 0 saturated heterocycles. The SMILES string of the molecule is CCN(CC)CCN(CC)CC1=CCC2CC1C2(C)C. The standard InChI is InChI=1S/C18H34N2/c1-6-19(7-2)11-12-20(8-3)14-15-9-10-16-13-17(15)18(16,4)5/h9,16-17H,6-8,10-14H2,1-5H3. The molecule has 0 aromatic rings. The number of fused-ring (bicyclic) bond motifs is 1. The largest absolute Gasteiger partial charge is 0.303 e. The topological polar surface area (TPSA) is 6.48 Å². The molecular formula is C18H34N2. The van der Waals surface area contributed by atoms with Crippen molar-refractivity contribution in [2.75, 3.05) is 39.3 Å². The van der Waals surface area contributed by atoms with E-state index >= 15 is 0 Å². The molecule has 0 spiro atoms. The minimum absolute atomic E-state index is 0.572. The van der Waals surface area contributed by atoms with Crippen molar-refractivity contribution in [3.63, 3.8) is 0 Å². The Morgan fingerprint density at radius 3 is 2.15 bits per heavy atom. The van der Waals surface area contributed by atoms with Gasteiger partial charge in [-0.1, -0.05) is 46.3 Å². The van der Waals surface area contributed by atoms with Crippen LogP contribution in [0.2, 0.25) is 0 Å². The van der Waals surface area contributed by atoms with Gasteiger partial charge in [-0.15, -0.1) is 0 Å². The molecule has 1 fully saturated rings. The van der Waals surface area contributed by atoms with Gasteiger partial charge in [-0.3, -0.25) is 4.90 Å². The van der Waals surface area contributed by atoms with Gasteiger partial charge in [0.2, 0.25) is 0 Å². The summed E-state index contributed by atoms with van der Waals surface area (Å²) in [6.45, 7) is 18.9. The molecule has 3 aliphatic rings. The van der Waals surface area contributed by atoms with Gasteiger partial charge in [0.15, 0.2) is 0 Å². The second kappa shape index (κ2) is 6.62. The Kier molecular flexibility index (Phi) is 5.30. The number of rotatable bonds is 8. The second-order valence-electron chi connectivity index (χ2n) is 7.22. The van der Waals surface area contributed by atoms with Gasteiger partial charge in [0, 0.05) is 19.6 Å². The van der Waals surface area contributed by atoms with Crippen molar-refractivity contribution in [2.24, 2.45) is 17.3 Å². The lowest BCUT2D eigenvalue weighted by Crippen LogP contribution is -2.50. The molecule has 2 bridgehead atoms. The van der Waals surface area contributed by atoms with E-state index in [2.05, 4.69) is 50.5 Å². The number of hydrogen-bond donors (Lipinski definition) is 0. The fourth-order valence-corrected chi connectivity index (χ4v) is 4.09. The Morgan fingerprint density at radius 1 is 1.05 bits per heavy atom. The summed E-state index contributed by atoms with van der Waals surface area (Å²) in [5.74, 6) is 1.82. The third-order valence-electron chi connectivity index (χ3n) is 6.06. The van der Waals surface area contributed by atoms with Crippen LogP contribution in [0.25, 0.3) is 0 Å². The van der Waals surface area contributed by atoms with Crippen LogP contribution in [0, 0.1) is 17.3 Å². The molecule has 2 nitrogen and oxygen atoms in total.